The summed E-state index contributed by atoms with van der Waals surface area (Å²) in [5, 5.41) is 2.85. The van der Waals surface area contributed by atoms with E-state index in [9.17, 15) is 4.79 Å². The van der Waals surface area contributed by atoms with Crippen molar-refractivity contribution in [3.63, 3.8) is 0 Å². The molecule has 0 unspecified atom stereocenters. The zero-order valence-corrected chi connectivity index (χ0v) is 20.5. The highest BCUT2D eigenvalue weighted by Crippen LogP contribution is 2.38. The maximum Gasteiger partial charge on any atom is 0.248 e. The summed E-state index contributed by atoms with van der Waals surface area (Å²) in [6.07, 6.45) is 7.04. The minimum Gasteiger partial charge on any atom is -0.497 e. The molecule has 0 fully saturated rings. The number of nitrogens with one attached hydrogen (secondary N) is 1. The molecule has 3 aromatic rings. The van der Waals surface area contributed by atoms with Crippen molar-refractivity contribution in [2.75, 3.05) is 40.9 Å². The first-order chi connectivity index (χ1) is 17.0. The van der Waals surface area contributed by atoms with E-state index in [2.05, 4.69) is 5.32 Å². The van der Waals surface area contributed by atoms with E-state index in [0.29, 0.717) is 28.7 Å². The molecule has 0 radical (unpaired) electrons. The Labute approximate surface area is 205 Å². The number of methoxy groups -OCH3 is 5. The monoisotopic (exact) mass is 475 g/mol. The third-order valence-corrected chi connectivity index (χ3v) is 5.16. The van der Waals surface area contributed by atoms with Gasteiger partial charge in [-0.2, -0.15) is 0 Å². The second-order valence-electron chi connectivity index (χ2n) is 7.35. The maximum absolute atomic E-state index is 12.4. The molecule has 0 aliphatic carbocycles. The first-order valence-electron chi connectivity index (χ1n) is 10.8. The quantitative estimate of drug-likeness (QED) is 0.306. The molecule has 0 atom stereocenters. The third-order valence-electron chi connectivity index (χ3n) is 5.16. The first-order valence-corrected chi connectivity index (χ1v) is 10.8. The van der Waals surface area contributed by atoms with Crippen LogP contribution in [-0.4, -0.2) is 41.5 Å². The number of ether oxygens (including phenoxy) is 5. The summed E-state index contributed by atoms with van der Waals surface area (Å²) in [7, 11) is 7.88. The van der Waals surface area contributed by atoms with E-state index < -0.39 is 0 Å². The number of hydrogen-bond acceptors (Lipinski definition) is 6. The Morgan fingerprint density at radius 2 is 1.29 bits per heavy atom. The second-order valence-corrected chi connectivity index (χ2v) is 7.35. The van der Waals surface area contributed by atoms with E-state index in [4.69, 9.17) is 23.7 Å². The number of anilines is 1. The van der Waals surface area contributed by atoms with Crippen molar-refractivity contribution in [3.8, 4) is 28.7 Å². The summed E-state index contributed by atoms with van der Waals surface area (Å²) in [4.78, 5) is 12.4. The smallest absolute Gasteiger partial charge is 0.248 e. The highest BCUT2D eigenvalue weighted by atomic mass is 16.5. The van der Waals surface area contributed by atoms with Gasteiger partial charge in [-0.1, -0.05) is 30.4 Å². The van der Waals surface area contributed by atoms with Gasteiger partial charge < -0.3 is 29.0 Å². The lowest BCUT2D eigenvalue weighted by atomic mass is 10.1. The fraction of sp³-hybridized carbons (Fsp3) is 0.179. The SMILES string of the molecule is COc1cccc(/C=C/C(=O)Nc2ccc(/C=C/c3cc(OC)c(OC)c(OC)c3)cc2OC)c1. The average Bonchev–Trinajstić information content (AvgIpc) is 2.90. The first kappa shape index (κ1) is 25.2. The Morgan fingerprint density at radius 3 is 1.91 bits per heavy atom. The van der Waals surface area contributed by atoms with E-state index in [1.165, 1.54) is 6.08 Å². The molecule has 0 spiro atoms. The van der Waals surface area contributed by atoms with Crippen LogP contribution < -0.4 is 29.0 Å². The van der Waals surface area contributed by atoms with Crippen molar-refractivity contribution in [3.05, 3.63) is 77.4 Å². The Morgan fingerprint density at radius 1 is 0.657 bits per heavy atom. The van der Waals surface area contributed by atoms with E-state index in [0.717, 1.165) is 22.4 Å². The molecule has 35 heavy (non-hydrogen) atoms. The zero-order valence-electron chi connectivity index (χ0n) is 20.5. The molecule has 1 amide bonds. The number of amides is 1. The highest BCUT2D eigenvalue weighted by Gasteiger charge is 2.12. The van der Waals surface area contributed by atoms with Gasteiger partial charge in [0.15, 0.2) is 11.5 Å². The van der Waals surface area contributed by atoms with Crippen molar-refractivity contribution in [1.29, 1.82) is 0 Å². The molecule has 0 aromatic heterocycles. The van der Waals surface area contributed by atoms with Crippen molar-refractivity contribution < 1.29 is 28.5 Å². The predicted octanol–water partition coefficient (Wildman–Crippen LogP) is 5.55. The van der Waals surface area contributed by atoms with Crippen molar-refractivity contribution >= 4 is 29.8 Å². The van der Waals surface area contributed by atoms with E-state index in [1.54, 1.807) is 47.7 Å². The van der Waals surface area contributed by atoms with Gasteiger partial charge in [-0.05, 0) is 59.2 Å². The number of rotatable bonds is 10. The number of benzene rings is 3. The van der Waals surface area contributed by atoms with Crippen LogP contribution in [0, 0.1) is 0 Å². The summed E-state index contributed by atoms with van der Waals surface area (Å²) >= 11 is 0. The summed E-state index contributed by atoms with van der Waals surface area (Å²) in [5.74, 6) is 2.68. The molecule has 7 nitrogen and oxygen atoms in total. The predicted molar refractivity (Wildman–Crippen MR) is 139 cm³/mol. The maximum atomic E-state index is 12.4. The Hall–Kier alpha value is -4.39. The van der Waals surface area contributed by atoms with Crippen molar-refractivity contribution in [2.24, 2.45) is 0 Å². The van der Waals surface area contributed by atoms with Crippen LogP contribution in [0.5, 0.6) is 28.7 Å². The van der Waals surface area contributed by atoms with Crippen molar-refractivity contribution in [1.82, 2.24) is 0 Å². The topological polar surface area (TPSA) is 75.3 Å². The van der Waals surface area contributed by atoms with Crippen LogP contribution in [0.25, 0.3) is 18.2 Å². The lowest BCUT2D eigenvalue weighted by Gasteiger charge is -2.13. The molecule has 3 aromatic carbocycles. The third kappa shape index (κ3) is 6.57. The molecule has 0 saturated heterocycles. The van der Waals surface area contributed by atoms with Crippen LogP contribution >= 0.6 is 0 Å². The Bertz CT molecular complexity index is 1210. The Kier molecular flexibility index (Phi) is 8.78. The van der Waals surface area contributed by atoms with Gasteiger partial charge in [0.25, 0.3) is 0 Å². The number of hydrogen-bond donors (Lipinski definition) is 1. The minimum atomic E-state index is -0.271. The van der Waals surface area contributed by atoms with Gasteiger partial charge in [0.2, 0.25) is 11.7 Å². The van der Waals surface area contributed by atoms with Gasteiger partial charge in [0.1, 0.15) is 11.5 Å². The fourth-order valence-corrected chi connectivity index (χ4v) is 3.40. The highest BCUT2D eigenvalue weighted by molar-refractivity contribution is 6.02. The van der Waals surface area contributed by atoms with Gasteiger partial charge in [-0.15, -0.1) is 0 Å². The molecule has 3 rings (SSSR count). The molecular weight excluding hydrogens is 446 g/mol. The van der Waals surface area contributed by atoms with Crippen LogP contribution in [0.2, 0.25) is 0 Å². The number of carbonyl (C=O) groups is 1. The normalized spacial score (nSPS) is 10.9. The molecule has 0 aliphatic rings. The molecule has 182 valence electrons. The van der Waals surface area contributed by atoms with Crippen LogP contribution in [0.1, 0.15) is 16.7 Å². The summed E-state index contributed by atoms with van der Waals surface area (Å²) in [6, 6.07) is 16.7. The lowest BCUT2D eigenvalue weighted by molar-refractivity contribution is -0.111. The van der Waals surface area contributed by atoms with E-state index >= 15 is 0 Å². The second kappa shape index (κ2) is 12.2. The van der Waals surface area contributed by atoms with Gasteiger partial charge in [-0.25, -0.2) is 0 Å². The average molecular weight is 476 g/mol. The van der Waals surface area contributed by atoms with E-state index in [-0.39, 0.29) is 5.91 Å². The van der Waals surface area contributed by atoms with Gasteiger partial charge >= 0.3 is 0 Å². The van der Waals surface area contributed by atoms with E-state index in [1.807, 2.05) is 60.7 Å². The molecule has 1 N–H and O–H groups in total. The molecule has 0 aliphatic heterocycles. The molecule has 0 saturated carbocycles. The molecule has 7 heteroatoms. The zero-order chi connectivity index (χ0) is 25.2. The van der Waals surface area contributed by atoms with Crippen LogP contribution in [0.3, 0.4) is 0 Å². The lowest BCUT2D eigenvalue weighted by Crippen LogP contribution is -2.09. The number of carbonyl (C=O) groups excluding carboxylic acids is 1. The Balaban J connectivity index is 1.75. The standard InChI is InChI=1S/C28H29NO6/c1-31-22-8-6-7-19(15-22)12-14-27(30)29-23-13-11-20(16-24(23)32-2)9-10-21-17-25(33-3)28(35-5)26(18-21)34-4/h6-18H,1-5H3,(H,29,30)/b10-9+,14-12+. The molecule has 0 heterocycles. The van der Waals surface area contributed by atoms with Gasteiger partial charge in [-0.3, -0.25) is 4.79 Å². The summed E-state index contributed by atoms with van der Waals surface area (Å²) in [5.41, 5.74) is 3.19. The largest absolute Gasteiger partial charge is 0.497 e. The molecular formula is C28H29NO6. The van der Waals surface area contributed by atoms with Crippen molar-refractivity contribution in [2.45, 2.75) is 0 Å². The minimum absolute atomic E-state index is 0.271. The molecule has 0 bridgehead atoms. The van der Waals surface area contributed by atoms with Crippen LogP contribution in [0.4, 0.5) is 5.69 Å². The van der Waals surface area contributed by atoms with Gasteiger partial charge in [0.05, 0.1) is 41.2 Å². The fourth-order valence-electron chi connectivity index (χ4n) is 3.40. The summed E-state index contributed by atoms with van der Waals surface area (Å²) in [6.45, 7) is 0. The van der Waals surface area contributed by atoms with Gasteiger partial charge in [0, 0.05) is 6.08 Å². The van der Waals surface area contributed by atoms with Crippen LogP contribution in [-0.2, 0) is 4.79 Å². The van der Waals surface area contributed by atoms with Crippen LogP contribution in [0.15, 0.2) is 60.7 Å². The summed E-state index contributed by atoms with van der Waals surface area (Å²) < 4.78 is 26.9.